The van der Waals surface area contributed by atoms with Gasteiger partial charge in [0.2, 0.25) is 5.88 Å². The van der Waals surface area contributed by atoms with Crippen molar-refractivity contribution in [1.82, 2.24) is 4.90 Å². The van der Waals surface area contributed by atoms with Crippen molar-refractivity contribution in [2.75, 3.05) is 4.90 Å². The zero-order valence-electron chi connectivity index (χ0n) is 30.6. The van der Waals surface area contributed by atoms with Crippen molar-refractivity contribution in [1.29, 1.82) is 0 Å². The number of allylic oxidation sites excluding steroid dienone is 11. The van der Waals surface area contributed by atoms with E-state index in [1.807, 2.05) is 0 Å². The SMILES string of the molecule is Cc1ccc(N2c3oc4c(c3C3=CC(C5C=CC6C(C5)C5=C(C(C)c7ccccc75)N6C5C=CC=CC5)=CCC32)C=CCC4)cc1C1=C(O)CCC=C1. The van der Waals surface area contributed by atoms with Crippen molar-refractivity contribution in [2.24, 2.45) is 11.8 Å². The third-order valence-electron chi connectivity index (χ3n) is 13.4. The van der Waals surface area contributed by atoms with Crippen molar-refractivity contribution in [2.45, 2.75) is 82.8 Å². The molecule has 6 aliphatic carbocycles. The highest BCUT2D eigenvalue weighted by Gasteiger charge is 2.50. The number of benzene rings is 2. The van der Waals surface area contributed by atoms with Gasteiger partial charge in [-0.25, -0.2) is 0 Å². The van der Waals surface area contributed by atoms with Gasteiger partial charge in [-0.15, -0.1) is 0 Å². The van der Waals surface area contributed by atoms with E-state index >= 15 is 0 Å². The minimum absolute atomic E-state index is 0.165. The van der Waals surface area contributed by atoms with Crippen molar-refractivity contribution < 1.29 is 9.52 Å². The first kappa shape index (κ1) is 31.3. The second-order valence-corrected chi connectivity index (χ2v) is 16.2. The average molecular weight is 695 g/mol. The molecule has 0 bridgehead atoms. The van der Waals surface area contributed by atoms with Crippen LogP contribution >= 0.6 is 0 Å². The molecule has 0 fully saturated rings. The quantitative estimate of drug-likeness (QED) is 0.276. The van der Waals surface area contributed by atoms with Gasteiger partial charge in [-0.2, -0.15) is 0 Å². The molecule has 0 saturated carbocycles. The minimum Gasteiger partial charge on any atom is -0.512 e. The molecule has 0 spiro atoms. The van der Waals surface area contributed by atoms with Crippen LogP contribution in [0.4, 0.5) is 11.6 Å². The second kappa shape index (κ2) is 11.9. The summed E-state index contributed by atoms with van der Waals surface area (Å²) < 4.78 is 6.84. The highest BCUT2D eigenvalue weighted by Crippen LogP contribution is 2.59. The lowest BCUT2D eigenvalue weighted by Crippen LogP contribution is -2.42. The van der Waals surface area contributed by atoms with E-state index in [2.05, 4.69) is 139 Å². The number of hydrogen-bond acceptors (Lipinski definition) is 4. The highest BCUT2D eigenvalue weighted by molar-refractivity contribution is 5.96. The number of nitrogens with zero attached hydrogens (tertiary/aromatic N) is 2. The van der Waals surface area contributed by atoms with E-state index in [1.54, 1.807) is 11.3 Å². The summed E-state index contributed by atoms with van der Waals surface area (Å²) in [5.74, 6) is 3.80. The fraction of sp³-hybridized carbons (Fsp3) is 0.306. The molecule has 4 nitrogen and oxygen atoms in total. The predicted molar refractivity (Wildman–Crippen MR) is 217 cm³/mol. The molecular weight excluding hydrogens is 649 g/mol. The van der Waals surface area contributed by atoms with E-state index in [0.717, 1.165) is 67.0 Å². The van der Waals surface area contributed by atoms with Crippen molar-refractivity contribution in [3.8, 4) is 0 Å². The van der Waals surface area contributed by atoms with Gasteiger partial charge in [0.1, 0.15) is 11.5 Å². The van der Waals surface area contributed by atoms with Crippen molar-refractivity contribution in [3.63, 3.8) is 0 Å². The number of rotatable bonds is 4. The van der Waals surface area contributed by atoms with E-state index in [0.29, 0.717) is 42.0 Å². The Morgan fingerprint density at radius 1 is 0.887 bits per heavy atom. The Morgan fingerprint density at radius 2 is 1.77 bits per heavy atom. The van der Waals surface area contributed by atoms with E-state index in [1.165, 1.54) is 39.0 Å². The monoisotopic (exact) mass is 694 g/mol. The summed E-state index contributed by atoms with van der Waals surface area (Å²) in [4.78, 5) is 5.25. The van der Waals surface area contributed by atoms with Crippen LogP contribution in [0.5, 0.6) is 0 Å². The lowest BCUT2D eigenvalue weighted by atomic mass is 9.74. The standard InChI is InChI=1S/C49H46N2O2/c1-29-20-23-34(28-39(29)36-15-8-10-18-44(36)52)51-43-25-22-32(27-41(43)47-38-17-9-11-19-45(38)53-49(47)51)31-21-24-42-40(26-31)46-37-16-7-6-14-35(37)30(2)48(46)50(42)33-12-4-3-5-13-33/h3-9,12,14-17,20-24,27-28,30-31,33,40,42-43,52H,10-11,13,18-19,25-26H2,1-2H3. The van der Waals surface area contributed by atoms with E-state index < -0.39 is 0 Å². The Hall–Kier alpha value is -5.22. The maximum Gasteiger partial charge on any atom is 0.208 e. The second-order valence-electron chi connectivity index (χ2n) is 16.2. The molecule has 1 N–H and O–H groups in total. The molecule has 6 unspecified atom stereocenters. The summed E-state index contributed by atoms with van der Waals surface area (Å²) in [5, 5.41) is 10.9. The Kier molecular flexibility index (Phi) is 7.03. The molecule has 0 amide bonds. The number of anilines is 2. The van der Waals surface area contributed by atoms with Crippen LogP contribution in [-0.4, -0.2) is 28.1 Å². The van der Waals surface area contributed by atoms with Crippen LogP contribution in [0.3, 0.4) is 0 Å². The van der Waals surface area contributed by atoms with Gasteiger partial charge in [-0.3, -0.25) is 0 Å². The topological polar surface area (TPSA) is 39.9 Å². The minimum atomic E-state index is 0.165. The molecule has 2 aromatic carbocycles. The van der Waals surface area contributed by atoms with Crippen molar-refractivity contribution in [3.05, 3.63) is 165 Å². The van der Waals surface area contributed by atoms with Crippen molar-refractivity contribution >= 4 is 34.4 Å². The predicted octanol–water partition coefficient (Wildman–Crippen LogP) is 11.7. The number of hydrogen-bond donors (Lipinski definition) is 1. The molecular formula is C49H46N2O2. The van der Waals surface area contributed by atoms with Crippen LogP contribution in [0.2, 0.25) is 0 Å². The molecule has 11 rings (SSSR count). The largest absolute Gasteiger partial charge is 0.512 e. The van der Waals surface area contributed by atoms with E-state index in [-0.39, 0.29) is 6.04 Å². The zero-order valence-corrected chi connectivity index (χ0v) is 30.6. The number of furan rings is 1. The fourth-order valence-electron chi connectivity index (χ4n) is 11.0. The Labute approximate surface area is 312 Å². The Morgan fingerprint density at radius 3 is 2.66 bits per heavy atom. The van der Waals surface area contributed by atoms with Gasteiger partial charge in [0.05, 0.1) is 23.7 Å². The fourth-order valence-corrected chi connectivity index (χ4v) is 11.0. The van der Waals surface area contributed by atoms with Crippen LogP contribution in [0.15, 0.2) is 131 Å². The lowest BCUT2D eigenvalue weighted by molar-refractivity contribution is 0.214. The first-order chi connectivity index (χ1) is 26.0. The summed E-state index contributed by atoms with van der Waals surface area (Å²) in [6.07, 6.45) is 34.9. The van der Waals surface area contributed by atoms with Gasteiger partial charge in [0.15, 0.2) is 0 Å². The van der Waals surface area contributed by atoms with Gasteiger partial charge in [-0.05, 0) is 90.1 Å². The molecule has 6 atom stereocenters. The first-order valence-corrected chi connectivity index (χ1v) is 19.9. The third kappa shape index (κ3) is 4.60. The Bertz CT molecular complexity index is 2370. The van der Waals surface area contributed by atoms with Crippen LogP contribution in [0, 0.1) is 18.8 Å². The van der Waals surface area contributed by atoms with Crippen LogP contribution in [0.25, 0.3) is 22.8 Å². The normalized spacial score (nSPS) is 28.9. The zero-order chi connectivity index (χ0) is 35.4. The molecule has 2 aliphatic heterocycles. The lowest BCUT2D eigenvalue weighted by Gasteiger charge is -2.41. The molecule has 53 heavy (non-hydrogen) atoms. The average Bonchev–Trinajstić information content (AvgIpc) is 3.91. The molecule has 3 heterocycles. The number of fused-ring (bicyclic) bond motifs is 9. The number of aliphatic hydroxyl groups is 1. The summed E-state index contributed by atoms with van der Waals surface area (Å²) in [6.45, 7) is 4.57. The maximum atomic E-state index is 10.9. The number of aliphatic hydroxyl groups excluding tert-OH is 1. The number of aryl methyl sites for hydroxylation is 2. The van der Waals surface area contributed by atoms with E-state index in [9.17, 15) is 5.11 Å². The molecule has 0 saturated heterocycles. The molecule has 8 aliphatic rings. The summed E-state index contributed by atoms with van der Waals surface area (Å²) >= 11 is 0. The first-order valence-electron chi connectivity index (χ1n) is 19.9. The summed E-state index contributed by atoms with van der Waals surface area (Å²) in [7, 11) is 0. The van der Waals surface area contributed by atoms with Gasteiger partial charge in [0.25, 0.3) is 0 Å². The third-order valence-corrected chi connectivity index (χ3v) is 13.4. The summed E-state index contributed by atoms with van der Waals surface area (Å²) in [6, 6.07) is 16.9. The molecule has 3 aromatic rings. The maximum absolute atomic E-state index is 10.9. The molecule has 4 heteroatoms. The smallest absolute Gasteiger partial charge is 0.208 e. The molecule has 0 radical (unpaired) electrons. The molecule has 264 valence electrons. The van der Waals surface area contributed by atoms with Gasteiger partial charge in [0, 0.05) is 53.1 Å². The highest BCUT2D eigenvalue weighted by atomic mass is 16.4. The van der Waals surface area contributed by atoms with Crippen LogP contribution in [-0.2, 0) is 6.42 Å². The van der Waals surface area contributed by atoms with Gasteiger partial charge in [-0.1, -0.05) is 110 Å². The Balaban J connectivity index is 0.976. The van der Waals surface area contributed by atoms with Crippen LogP contribution < -0.4 is 4.90 Å². The van der Waals surface area contributed by atoms with Crippen LogP contribution in [0.1, 0.15) is 90.5 Å². The van der Waals surface area contributed by atoms with Gasteiger partial charge < -0.3 is 19.3 Å². The van der Waals surface area contributed by atoms with Gasteiger partial charge >= 0.3 is 0 Å². The summed E-state index contributed by atoms with van der Waals surface area (Å²) in [5.41, 5.74) is 15.8. The van der Waals surface area contributed by atoms with E-state index in [4.69, 9.17) is 4.42 Å². The molecule has 1 aromatic heterocycles.